The highest BCUT2D eigenvalue weighted by Crippen LogP contribution is 2.25. The largest absolute Gasteiger partial charge is 0.449 e. The minimum atomic E-state index is -1.20. The van der Waals surface area contributed by atoms with Gasteiger partial charge in [0.1, 0.15) is 0 Å². The fourth-order valence-electron chi connectivity index (χ4n) is 2.60. The molecule has 0 saturated heterocycles. The number of amides is 1. The van der Waals surface area contributed by atoms with Crippen molar-refractivity contribution in [3.8, 4) is 0 Å². The minimum absolute atomic E-state index is 0.0343. The van der Waals surface area contributed by atoms with E-state index < -0.39 is 22.9 Å². The van der Waals surface area contributed by atoms with Crippen LogP contribution in [0.25, 0.3) is 0 Å². The molecular formula is C20H21N3O6. The summed E-state index contributed by atoms with van der Waals surface area (Å²) in [5, 5.41) is 13.6. The fraction of sp³-hybridized carbons (Fsp3) is 0.250. The van der Waals surface area contributed by atoms with Gasteiger partial charge in [0, 0.05) is 31.8 Å². The van der Waals surface area contributed by atoms with Crippen LogP contribution in [-0.4, -0.2) is 42.8 Å². The Hall–Kier alpha value is -3.75. The number of nitro groups is 1. The number of ketones is 1. The van der Waals surface area contributed by atoms with Crippen molar-refractivity contribution in [1.82, 2.24) is 0 Å². The third kappa shape index (κ3) is 5.16. The molecule has 0 radical (unpaired) electrons. The quantitative estimate of drug-likeness (QED) is 0.329. The summed E-state index contributed by atoms with van der Waals surface area (Å²) in [4.78, 5) is 48.7. The van der Waals surface area contributed by atoms with Crippen LogP contribution >= 0.6 is 0 Å². The van der Waals surface area contributed by atoms with E-state index >= 15 is 0 Å². The molecule has 1 N–H and O–H groups in total. The predicted octanol–water partition coefficient (Wildman–Crippen LogP) is 3.05. The van der Waals surface area contributed by atoms with E-state index in [1.807, 2.05) is 0 Å². The van der Waals surface area contributed by atoms with Crippen LogP contribution < -0.4 is 10.2 Å². The SMILES string of the molecule is CC(=O)c1ccccc1NC(=O)[C@@H](C)OC(=O)c1cc([N+](=O)[O-])ccc1N(C)C. The molecule has 0 unspecified atom stereocenters. The second-order valence-electron chi connectivity index (χ2n) is 6.49. The lowest BCUT2D eigenvalue weighted by Crippen LogP contribution is -2.31. The monoisotopic (exact) mass is 399 g/mol. The van der Waals surface area contributed by atoms with Crippen molar-refractivity contribution >= 4 is 34.7 Å². The third-order valence-corrected chi connectivity index (χ3v) is 4.11. The van der Waals surface area contributed by atoms with E-state index in [2.05, 4.69) is 5.32 Å². The molecule has 2 aromatic carbocycles. The van der Waals surface area contributed by atoms with Crippen LogP contribution in [-0.2, 0) is 9.53 Å². The lowest BCUT2D eigenvalue weighted by atomic mass is 10.1. The van der Waals surface area contributed by atoms with E-state index in [4.69, 9.17) is 4.74 Å². The van der Waals surface area contributed by atoms with Gasteiger partial charge in [0.05, 0.1) is 21.9 Å². The van der Waals surface area contributed by atoms with Gasteiger partial charge in [-0.15, -0.1) is 0 Å². The number of Topliss-reactive ketones (excluding diaryl/α,β-unsaturated/α-hetero) is 1. The van der Waals surface area contributed by atoms with Crippen molar-refractivity contribution in [2.24, 2.45) is 0 Å². The van der Waals surface area contributed by atoms with E-state index in [1.165, 1.54) is 26.0 Å². The maximum absolute atomic E-state index is 12.6. The van der Waals surface area contributed by atoms with E-state index in [1.54, 1.807) is 43.3 Å². The Balaban J connectivity index is 2.20. The molecule has 2 rings (SSSR count). The third-order valence-electron chi connectivity index (χ3n) is 4.11. The maximum Gasteiger partial charge on any atom is 0.341 e. The summed E-state index contributed by atoms with van der Waals surface area (Å²) in [6, 6.07) is 10.3. The van der Waals surface area contributed by atoms with Crippen molar-refractivity contribution < 1.29 is 24.0 Å². The van der Waals surface area contributed by atoms with Gasteiger partial charge in [0.2, 0.25) is 0 Å². The molecule has 0 bridgehead atoms. The number of nitrogens with zero attached hydrogens (tertiary/aromatic N) is 2. The van der Waals surface area contributed by atoms with Crippen LogP contribution in [0.15, 0.2) is 42.5 Å². The van der Waals surface area contributed by atoms with Gasteiger partial charge in [-0.3, -0.25) is 19.7 Å². The van der Waals surface area contributed by atoms with Gasteiger partial charge in [-0.05, 0) is 32.0 Å². The summed E-state index contributed by atoms with van der Waals surface area (Å²) in [5.41, 5.74) is 0.739. The summed E-state index contributed by atoms with van der Waals surface area (Å²) in [7, 11) is 3.35. The zero-order chi connectivity index (χ0) is 21.7. The normalized spacial score (nSPS) is 11.3. The Morgan fingerprint density at radius 2 is 1.76 bits per heavy atom. The first kappa shape index (κ1) is 21.5. The van der Waals surface area contributed by atoms with Gasteiger partial charge in [-0.25, -0.2) is 4.79 Å². The number of carbonyl (C=O) groups excluding carboxylic acids is 3. The van der Waals surface area contributed by atoms with E-state index in [0.29, 0.717) is 16.9 Å². The molecule has 9 nitrogen and oxygen atoms in total. The van der Waals surface area contributed by atoms with Crippen LogP contribution in [0.2, 0.25) is 0 Å². The number of nitro benzene ring substituents is 1. The lowest BCUT2D eigenvalue weighted by molar-refractivity contribution is -0.384. The molecule has 0 aliphatic heterocycles. The molecular weight excluding hydrogens is 378 g/mol. The van der Waals surface area contributed by atoms with Crippen LogP contribution in [0.4, 0.5) is 17.1 Å². The Morgan fingerprint density at radius 1 is 1.10 bits per heavy atom. The first-order valence-corrected chi connectivity index (χ1v) is 8.69. The Kier molecular flexibility index (Phi) is 6.66. The number of hydrogen-bond acceptors (Lipinski definition) is 7. The van der Waals surface area contributed by atoms with Gasteiger partial charge in [0.15, 0.2) is 11.9 Å². The highest BCUT2D eigenvalue weighted by Gasteiger charge is 2.24. The average molecular weight is 399 g/mol. The summed E-state index contributed by atoms with van der Waals surface area (Å²) < 4.78 is 5.21. The van der Waals surface area contributed by atoms with Crippen LogP contribution in [0.5, 0.6) is 0 Å². The highest BCUT2D eigenvalue weighted by molar-refractivity contribution is 6.05. The van der Waals surface area contributed by atoms with Crippen LogP contribution in [0, 0.1) is 10.1 Å². The summed E-state index contributed by atoms with van der Waals surface area (Å²) in [6.07, 6.45) is -1.20. The molecule has 0 spiro atoms. The topological polar surface area (TPSA) is 119 Å². The fourth-order valence-corrected chi connectivity index (χ4v) is 2.60. The van der Waals surface area contributed by atoms with Crippen molar-refractivity contribution in [3.05, 3.63) is 63.7 Å². The highest BCUT2D eigenvalue weighted by atomic mass is 16.6. The number of para-hydroxylation sites is 1. The second-order valence-corrected chi connectivity index (χ2v) is 6.49. The summed E-state index contributed by atoms with van der Waals surface area (Å²) in [5.74, 6) is -1.73. The van der Waals surface area contributed by atoms with Gasteiger partial charge in [-0.2, -0.15) is 0 Å². The molecule has 152 valence electrons. The number of benzene rings is 2. The first-order valence-electron chi connectivity index (χ1n) is 8.69. The average Bonchev–Trinajstić information content (AvgIpc) is 2.67. The van der Waals surface area contributed by atoms with Crippen molar-refractivity contribution in [1.29, 1.82) is 0 Å². The van der Waals surface area contributed by atoms with Crippen molar-refractivity contribution in [2.45, 2.75) is 20.0 Å². The number of anilines is 2. The van der Waals surface area contributed by atoms with Gasteiger partial charge < -0.3 is 15.0 Å². The molecule has 1 atom stereocenters. The van der Waals surface area contributed by atoms with Crippen LogP contribution in [0.3, 0.4) is 0 Å². The number of rotatable bonds is 7. The smallest absolute Gasteiger partial charge is 0.341 e. The molecule has 1 amide bonds. The van der Waals surface area contributed by atoms with Gasteiger partial charge >= 0.3 is 5.97 Å². The molecule has 0 aromatic heterocycles. The first-order chi connectivity index (χ1) is 13.6. The number of esters is 1. The van der Waals surface area contributed by atoms with E-state index in [-0.39, 0.29) is 17.0 Å². The molecule has 9 heteroatoms. The summed E-state index contributed by atoms with van der Waals surface area (Å²) in [6.45, 7) is 2.75. The standard InChI is InChI=1S/C20H21N3O6/c1-12(24)15-7-5-6-8-17(15)21-19(25)13(2)29-20(26)16-11-14(23(27)28)9-10-18(16)22(3)4/h5-11,13H,1-4H3,(H,21,25)/t13-/m1/s1. The molecule has 0 heterocycles. The van der Waals surface area contributed by atoms with Crippen molar-refractivity contribution in [3.63, 3.8) is 0 Å². The zero-order valence-electron chi connectivity index (χ0n) is 16.5. The number of non-ortho nitro benzene ring substituents is 1. The van der Waals surface area contributed by atoms with Crippen LogP contribution in [0.1, 0.15) is 34.6 Å². The van der Waals surface area contributed by atoms with E-state index in [9.17, 15) is 24.5 Å². The molecule has 0 saturated carbocycles. The summed E-state index contributed by atoms with van der Waals surface area (Å²) >= 11 is 0. The Labute approximate surface area is 167 Å². The Morgan fingerprint density at radius 3 is 2.34 bits per heavy atom. The molecule has 0 aliphatic rings. The molecule has 2 aromatic rings. The number of nitrogens with one attached hydrogen (secondary N) is 1. The molecule has 0 aliphatic carbocycles. The number of ether oxygens (including phenoxy) is 1. The molecule has 29 heavy (non-hydrogen) atoms. The molecule has 0 fully saturated rings. The Bertz CT molecular complexity index is 970. The minimum Gasteiger partial charge on any atom is -0.449 e. The van der Waals surface area contributed by atoms with Crippen molar-refractivity contribution in [2.75, 3.05) is 24.3 Å². The van der Waals surface area contributed by atoms with E-state index in [0.717, 1.165) is 6.07 Å². The van der Waals surface area contributed by atoms with Gasteiger partial charge in [0.25, 0.3) is 11.6 Å². The number of carbonyl (C=O) groups is 3. The maximum atomic E-state index is 12.6. The zero-order valence-corrected chi connectivity index (χ0v) is 16.5. The lowest BCUT2D eigenvalue weighted by Gasteiger charge is -2.19. The van der Waals surface area contributed by atoms with Gasteiger partial charge in [-0.1, -0.05) is 12.1 Å². The number of hydrogen-bond donors (Lipinski definition) is 1. The second kappa shape index (κ2) is 8.96. The predicted molar refractivity (Wildman–Crippen MR) is 107 cm³/mol.